The van der Waals surface area contributed by atoms with Gasteiger partial charge in [-0.15, -0.1) is 16.4 Å². The van der Waals surface area contributed by atoms with Crippen molar-refractivity contribution in [2.45, 2.75) is 6.92 Å². The molecule has 1 amide bonds. The topological polar surface area (TPSA) is 102 Å². The number of H-pyrrole nitrogens is 1. The SMILES string of the molecule is COc1cc2c(Oc3ccc4cc(Br)ccc4c3)c(C(=O)Nc3nn[nH]n3)sc2cc1C. The van der Waals surface area contributed by atoms with Crippen molar-refractivity contribution in [3.05, 3.63) is 63.4 Å². The van der Waals surface area contributed by atoms with Gasteiger partial charge in [0.2, 0.25) is 0 Å². The smallest absolute Gasteiger partial charge is 0.272 e. The average molecular weight is 510 g/mol. The summed E-state index contributed by atoms with van der Waals surface area (Å²) in [6.45, 7) is 1.96. The Labute approximate surface area is 194 Å². The van der Waals surface area contributed by atoms with E-state index in [1.54, 1.807) is 7.11 Å². The first-order valence-electron chi connectivity index (χ1n) is 9.55. The molecular weight excluding hydrogens is 494 g/mol. The molecule has 0 saturated carbocycles. The maximum absolute atomic E-state index is 13.0. The summed E-state index contributed by atoms with van der Waals surface area (Å²) >= 11 is 4.82. The van der Waals surface area contributed by atoms with Gasteiger partial charge in [0, 0.05) is 14.6 Å². The van der Waals surface area contributed by atoms with E-state index in [1.165, 1.54) is 11.3 Å². The molecule has 0 atom stereocenters. The van der Waals surface area contributed by atoms with E-state index in [1.807, 2.05) is 55.5 Å². The first kappa shape index (κ1) is 20.4. The zero-order chi connectivity index (χ0) is 22.2. The van der Waals surface area contributed by atoms with E-state index in [0.717, 1.165) is 30.9 Å². The van der Waals surface area contributed by atoms with Crippen LogP contribution < -0.4 is 14.8 Å². The second-order valence-corrected chi connectivity index (χ2v) is 8.99. The van der Waals surface area contributed by atoms with Gasteiger partial charge >= 0.3 is 0 Å². The number of amides is 1. The van der Waals surface area contributed by atoms with Crippen molar-refractivity contribution in [2.75, 3.05) is 12.4 Å². The van der Waals surface area contributed by atoms with Crippen molar-refractivity contribution in [3.63, 3.8) is 0 Å². The van der Waals surface area contributed by atoms with Crippen LogP contribution in [0.4, 0.5) is 5.95 Å². The van der Waals surface area contributed by atoms with Gasteiger partial charge in [-0.3, -0.25) is 10.1 Å². The number of carbonyl (C=O) groups excluding carboxylic acids is 1. The van der Waals surface area contributed by atoms with Gasteiger partial charge < -0.3 is 9.47 Å². The van der Waals surface area contributed by atoms with Gasteiger partial charge in [-0.25, -0.2) is 0 Å². The maximum Gasteiger partial charge on any atom is 0.272 e. The fourth-order valence-electron chi connectivity index (χ4n) is 3.42. The molecule has 2 heterocycles. The first-order valence-corrected chi connectivity index (χ1v) is 11.2. The van der Waals surface area contributed by atoms with Crippen LogP contribution in [-0.4, -0.2) is 33.6 Å². The Balaban J connectivity index is 1.61. The largest absolute Gasteiger partial charge is 0.496 e. The van der Waals surface area contributed by atoms with E-state index in [-0.39, 0.29) is 11.9 Å². The number of nitrogens with zero attached hydrogens (tertiary/aromatic N) is 3. The maximum atomic E-state index is 13.0. The fourth-order valence-corrected chi connectivity index (χ4v) is 4.91. The molecule has 0 unspecified atom stereocenters. The van der Waals surface area contributed by atoms with Crippen molar-refractivity contribution in [1.82, 2.24) is 20.6 Å². The number of aromatic amines is 1. The first-order chi connectivity index (χ1) is 15.5. The Morgan fingerprint density at radius 1 is 1.12 bits per heavy atom. The van der Waals surface area contributed by atoms with Gasteiger partial charge in [-0.1, -0.05) is 33.2 Å². The molecule has 5 aromatic rings. The van der Waals surface area contributed by atoms with Crippen molar-refractivity contribution in [1.29, 1.82) is 0 Å². The molecule has 0 saturated heterocycles. The number of hydrogen-bond acceptors (Lipinski definition) is 7. The van der Waals surface area contributed by atoms with Gasteiger partial charge in [0.25, 0.3) is 11.9 Å². The number of anilines is 1. The number of aromatic nitrogens is 4. The summed E-state index contributed by atoms with van der Waals surface area (Å²) in [6, 6.07) is 15.7. The van der Waals surface area contributed by atoms with Crippen LogP contribution in [0.15, 0.2) is 53.0 Å². The molecule has 0 aliphatic heterocycles. The monoisotopic (exact) mass is 509 g/mol. The van der Waals surface area contributed by atoms with Gasteiger partial charge in [0.15, 0.2) is 5.75 Å². The minimum absolute atomic E-state index is 0.0865. The van der Waals surface area contributed by atoms with Crippen LogP contribution in [0.3, 0.4) is 0 Å². The second-order valence-electron chi connectivity index (χ2n) is 7.02. The highest BCUT2D eigenvalue weighted by Crippen LogP contribution is 2.43. The number of hydrogen-bond donors (Lipinski definition) is 2. The number of methoxy groups -OCH3 is 1. The lowest BCUT2D eigenvalue weighted by Crippen LogP contribution is -2.12. The normalized spacial score (nSPS) is 11.1. The number of fused-ring (bicyclic) bond motifs is 2. The number of halogens is 1. The Bertz CT molecular complexity index is 1470. The number of tetrazole rings is 1. The lowest BCUT2D eigenvalue weighted by atomic mass is 10.1. The van der Waals surface area contributed by atoms with E-state index in [9.17, 15) is 4.79 Å². The third-order valence-electron chi connectivity index (χ3n) is 4.93. The molecule has 0 spiro atoms. The summed E-state index contributed by atoms with van der Waals surface area (Å²) in [7, 11) is 1.62. The number of carbonyl (C=O) groups is 1. The predicted molar refractivity (Wildman–Crippen MR) is 127 cm³/mol. The summed E-state index contributed by atoms with van der Waals surface area (Å²) in [5.74, 6) is 1.48. The second kappa shape index (κ2) is 8.21. The van der Waals surface area contributed by atoms with E-state index in [4.69, 9.17) is 9.47 Å². The Morgan fingerprint density at radius 3 is 2.72 bits per heavy atom. The van der Waals surface area contributed by atoms with Crippen molar-refractivity contribution < 1.29 is 14.3 Å². The van der Waals surface area contributed by atoms with Crippen molar-refractivity contribution >= 4 is 60.0 Å². The van der Waals surface area contributed by atoms with Crippen molar-refractivity contribution in [3.8, 4) is 17.2 Å². The Hall–Kier alpha value is -3.50. The molecule has 0 fully saturated rings. The summed E-state index contributed by atoms with van der Waals surface area (Å²) in [5.41, 5.74) is 0.967. The highest BCUT2D eigenvalue weighted by molar-refractivity contribution is 9.10. The van der Waals surface area contributed by atoms with E-state index < -0.39 is 0 Å². The van der Waals surface area contributed by atoms with Crippen LogP contribution in [0.5, 0.6) is 17.2 Å². The number of thiophene rings is 1. The van der Waals surface area contributed by atoms with Crippen LogP contribution in [0.25, 0.3) is 20.9 Å². The molecule has 32 heavy (non-hydrogen) atoms. The van der Waals surface area contributed by atoms with Gasteiger partial charge in [0.05, 0.1) is 7.11 Å². The number of ether oxygens (including phenoxy) is 2. The standard InChI is InChI=1S/C22H16BrN5O3S/c1-11-7-18-16(10-17(11)30-2)19(20(32-18)21(29)24-22-25-27-28-26-22)31-15-6-4-12-8-14(23)5-3-13(12)9-15/h3-10H,1-2H3,(H2,24,25,26,27,28,29). The summed E-state index contributed by atoms with van der Waals surface area (Å²) in [5, 5.41) is 18.9. The van der Waals surface area contributed by atoms with Gasteiger partial charge in [-0.2, -0.15) is 5.21 Å². The van der Waals surface area contributed by atoms with Crippen molar-refractivity contribution in [2.24, 2.45) is 0 Å². The molecule has 0 bridgehead atoms. The number of nitrogens with one attached hydrogen (secondary N) is 2. The molecule has 5 rings (SSSR count). The molecular formula is C22H16BrN5O3S. The predicted octanol–water partition coefficient (Wildman–Crippen LogP) is 5.69. The Kier molecular flexibility index (Phi) is 5.24. The summed E-state index contributed by atoms with van der Waals surface area (Å²) in [6.07, 6.45) is 0. The molecule has 2 N–H and O–H groups in total. The van der Waals surface area contributed by atoms with E-state index >= 15 is 0 Å². The molecule has 0 aliphatic rings. The molecule has 160 valence electrons. The molecule has 8 nitrogen and oxygen atoms in total. The molecule has 10 heteroatoms. The summed E-state index contributed by atoms with van der Waals surface area (Å²) < 4.78 is 13.7. The Morgan fingerprint density at radius 2 is 1.94 bits per heavy atom. The number of aryl methyl sites for hydroxylation is 1. The molecule has 2 aromatic heterocycles. The van der Waals surface area contributed by atoms with Crippen LogP contribution in [-0.2, 0) is 0 Å². The van der Waals surface area contributed by atoms with E-state index in [0.29, 0.717) is 22.1 Å². The van der Waals surface area contributed by atoms with Gasteiger partial charge in [-0.05, 0) is 64.9 Å². The lowest BCUT2D eigenvalue weighted by Gasteiger charge is -2.10. The van der Waals surface area contributed by atoms with E-state index in [2.05, 4.69) is 41.9 Å². The minimum atomic E-state index is -0.385. The summed E-state index contributed by atoms with van der Waals surface area (Å²) in [4.78, 5) is 13.4. The highest BCUT2D eigenvalue weighted by atomic mass is 79.9. The number of benzene rings is 3. The zero-order valence-electron chi connectivity index (χ0n) is 17.0. The molecule has 0 radical (unpaired) electrons. The quantitative estimate of drug-likeness (QED) is 0.315. The third kappa shape index (κ3) is 3.78. The molecule has 3 aromatic carbocycles. The lowest BCUT2D eigenvalue weighted by molar-refractivity contribution is 0.102. The zero-order valence-corrected chi connectivity index (χ0v) is 19.4. The average Bonchev–Trinajstić information content (AvgIpc) is 3.41. The third-order valence-corrected chi connectivity index (χ3v) is 6.56. The van der Waals surface area contributed by atoms with Crippen LogP contribution >= 0.6 is 27.3 Å². The van der Waals surface area contributed by atoms with Crippen LogP contribution in [0.1, 0.15) is 15.2 Å². The number of rotatable bonds is 5. The molecule has 0 aliphatic carbocycles. The highest BCUT2D eigenvalue weighted by Gasteiger charge is 2.23. The minimum Gasteiger partial charge on any atom is -0.496 e. The fraction of sp³-hybridized carbons (Fsp3) is 0.0909. The van der Waals surface area contributed by atoms with Gasteiger partial charge in [0.1, 0.15) is 16.4 Å². The van der Waals surface area contributed by atoms with Crippen LogP contribution in [0, 0.1) is 6.92 Å². The van der Waals surface area contributed by atoms with Crippen LogP contribution in [0.2, 0.25) is 0 Å².